The van der Waals surface area contributed by atoms with Crippen molar-refractivity contribution in [2.45, 2.75) is 32.2 Å². The fourth-order valence-corrected chi connectivity index (χ4v) is 1.12. The smallest absolute Gasteiger partial charge is 0.326 e. The number of carboxylic acids is 1. The molecule has 7 nitrogen and oxygen atoms in total. The van der Waals surface area contributed by atoms with E-state index in [9.17, 15) is 14.4 Å². The number of nitrogens with one attached hydrogen (secondary N) is 3. The fraction of sp³-hybridized carbons (Fsp3) is 0.700. The molecule has 17 heavy (non-hydrogen) atoms. The molecule has 0 aromatic carbocycles. The van der Waals surface area contributed by atoms with Crippen LogP contribution in [0, 0.1) is 0 Å². The molecule has 0 fully saturated rings. The third kappa shape index (κ3) is 7.15. The average molecular weight is 245 g/mol. The summed E-state index contributed by atoms with van der Waals surface area (Å²) in [5.74, 6) is -1.42. The Hall–Kier alpha value is -1.79. The second-order valence-corrected chi connectivity index (χ2v) is 3.53. The maximum Gasteiger partial charge on any atom is 0.326 e. The van der Waals surface area contributed by atoms with Gasteiger partial charge in [0.25, 0.3) is 0 Å². The van der Waals surface area contributed by atoms with E-state index < -0.39 is 18.0 Å². The van der Waals surface area contributed by atoms with Gasteiger partial charge >= 0.3 is 12.0 Å². The minimum Gasteiger partial charge on any atom is -0.480 e. The highest BCUT2D eigenvalue weighted by Gasteiger charge is 2.18. The molecule has 0 radical (unpaired) electrons. The van der Waals surface area contributed by atoms with Crippen molar-refractivity contribution in [1.29, 1.82) is 0 Å². The van der Waals surface area contributed by atoms with Crippen LogP contribution in [0.15, 0.2) is 0 Å². The van der Waals surface area contributed by atoms with Crippen LogP contribution in [-0.4, -0.2) is 42.6 Å². The lowest BCUT2D eigenvalue weighted by molar-refractivity contribution is -0.139. The first-order valence-corrected chi connectivity index (χ1v) is 5.49. The average Bonchev–Trinajstić information content (AvgIpc) is 2.30. The Morgan fingerprint density at radius 2 is 1.94 bits per heavy atom. The monoisotopic (exact) mass is 245 g/mol. The van der Waals surface area contributed by atoms with E-state index in [1.165, 1.54) is 7.05 Å². The number of unbranched alkanes of at least 4 members (excludes halogenated alkanes) is 1. The first kappa shape index (κ1) is 15.2. The number of hydrogen-bond donors (Lipinski definition) is 4. The van der Waals surface area contributed by atoms with Crippen LogP contribution < -0.4 is 16.0 Å². The first-order valence-electron chi connectivity index (χ1n) is 5.49. The second kappa shape index (κ2) is 8.37. The molecule has 3 amide bonds. The highest BCUT2D eigenvalue weighted by atomic mass is 16.4. The quantitative estimate of drug-likeness (QED) is 0.492. The molecule has 98 valence electrons. The van der Waals surface area contributed by atoms with Gasteiger partial charge in [0.1, 0.15) is 6.04 Å². The first-order chi connectivity index (χ1) is 8.01. The van der Waals surface area contributed by atoms with Crippen molar-refractivity contribution in [1.82, 2.24) is 16.0 Å². The Balaban J connectivity index is 4.03. The van der Waals surface area contributed by atoms with Gasteiger partial charge in [-0.2, -0.15) is 0 Å². The molecule has 0 saturated heterocycles. The predicted molar refractivity (Wildman–Crippen MR) is 61.5 cm³/mol. The zero-order valence-corrected chi connectivity index (χ0v) is 10.1. The molecular formula is C10H19N3O4. The number of rotatable bonds is 7. The summed E-state index contributed by atoms with van der Waals surface area (Å²) in [6, 6.07) is -1.57. The number of likely N-dealkylation sites (N-methyl/N-ethyl adjacent to an activating group) is 1. The molecule has 0 aliphatic heterocycles. The summed E-state index contributed by atoms with van der Waals surface area (Å²) in [5, 5.41) is 15.8. The number of amides is 3. The van der Waals surface area contributed by atoms with Gasteiger partial charge in [-0.25, -0.2) is 9.59 Å². The van der Waals surface area contributed by atoms with Gasteiger partial charge in [-0.3, -0.25) is 4.79 Å². The zero-order valence-electron chi connectivity index (χ0n) is 10.1. The molecule has 0 aromatic heterocycles. The topological polar surface area (TPSA) is 108 Å². The van der Waals surface area contributed by atoms with E-state index in [0.29, 0.717) is 12.8 Å². The van der Waals surface area contributed by atoms with E-state index in [4.69, 9.17) is 5.11 Å². The Kier molecular flexibility index (Phi) is 7.49. The lowest BCUT2D eigenvalue weighted by atomic mass is 10.1. The molecular weight excluding hydrogens is 226 g/mol. The zero-order chi connectivity index (χ0) is 13.3. The van der Waals surface area contributed by atoms with E-state index in [1.54, 1.807) is 0 Å². The van der Waals surface area contributed by atoms with E-state index in [1.807, 2.05) is 6.92 Å². The number of carboxylic acid groups (broad SMARTS) is 1. The summed E-state index contributed by atoms with van der Waals surface area (Å²) in [5.41, 5.74) is 0. The van der Waals surface area contributed by atoms with Crippen molar-refractivity contribution in [3.8, 4) is 0 Å². The Morgan fingerprint density at radius 3 is 2.41 bits per heavy atom. The highest BCUT2D eigenvalue weighted by Crippen LogP contribution is 2.00. The van der Waals surface area contributed by atoms with Crippen LogP contribution in [0.25, 0.3) is 0 Å². The second-order valence-electron chi connectivity index (χ2n) is 3.53. The number of carbonyl (C=O) groups is 3. The molecule has 0 bridgehead atoms. The maximum absolute atomic E-state index is 11.3. The van der Waals surface area contributed by atoms with Gasteiger partial charge in [-0.15, -0.1) is 0 Å². The van der Waals surface area contributed by atoms with Crippen LogP contribution in [0.5, 0.6) is 0 Å². The predicted octanol–water partition coefficient (Wildman–Crippen LogP) is -0.325. The number of carbonyl (C=O) groups excluding carboxylic acids is 2. The van der Waals surface area contributed by atoms with E-state index in [0.717, 1.165) is 6.42 Å². The maximum atomic E-state index is 11.3. The highest BCUT2D eigenvalue weighted by molar-refractivity contribution is 5.86. The van der Waals surface area contributed by atoms with Gasteiger partial charge in [0.2, 0.25) is 5.91 Å². The molecule has 0 spiro atoms. The van der Waals surface area contributed by atoms with Gasteiger partial charge in [0.05, 0.1) is 6.54 Å². The van der Waals surface area contributed by atoms with Gasteiger partial charge in [0.15, 0.2) is 0 Å². The van der Waals surface area contributed by atoms with Gasteiger partial charge in [-0.05, 0) is 6.42 Å². The van der Waals surface area contributed by atoms with Gasteiger partial charge in [0, 0.05) is 7.05 Å². The third-order valence-corrected chi connectivity index (χ3v) is 2.14. The summed E-state index contributed by atoms with van der Waals surface area (Å²) < 4.78 is 0. The molecule has 0 unspecified atom stereocenters. The van der Waals surface area contributed by atoms with Crippen LogP contribution >= 0.6 is 0 Å². The standard InChI is InChI=1S/C10H19N3O4/c1-3-4-5-7(9(15)16)13-10(17)12-6-8(14)11-2/h7H,3-6H2,1-2H3,(H,11,14)(H,15,16)(H2,12,13,17)/t7-/m0/s1. The summed E-state index contributed by atoms with van der Waals surface area (Å²) in [7, 11) is 1.45. The van der Waals surface area contributed by atoms with E-state index >= 15 is 0 Å². The lowest BCUT2D eigenvalue weighted by Gasteiger charge is -2.14. The van der Waals surface area contributed by atoms with Crippen molar-refractivity contribution in [3.63, 3.8) is 0 Å². The molecule has 0 heterocycles. The largest absolute Gasteiger partial charge is 0.480 e. The van der Waals surface area contributed by atoms with Crippen molar-refractivity contribution in [2.24, 2.45) is 0 Å². The van der Waals surface area contributed by atoms with Crippen molar-refractivity contribution in [2.75, 3.05) is 13.6 Å². The summed E-state index contributed by atoms with van der Waals surface area (Å²) in [6.07, 6.45) is 1.94. The minimum absolute atomic E-state index is 0.178. The van der Waals surface area contributed by atoms with Crippen LogP contribution in [0.3, 0.4) is 0 Å². The Morgan fingerprint density at radius 1 is 1.29 bits per heavy atom. The van der Waals surface area contributed by atoms with Gasteiger partial charge < -0.3 is 21.1 Å². The molecule has 0 aliphatic rings. The van der Waals surface area contributed by atoms with Gasteiger partial charge in [-0.1, -0.05) is 19.8 Å². The van der Waals surface area contributed by atoms with Crippen molar-refractivity contribution < 1.29 is 19.5 Å². The third-order valence-electron chi connectivity index (χ3n) is 2.14. The molecule has 0 aliphatic carbocycles. The molecule has 0 saturated carbocycles. The van der Waals surface area contributed by atoms with Crippen LogP contribution in [0.1, 0.15) is 26.2 Å². The molecule has 4 N–H and O–H groups in total. The summed E-state index contributed by atoms with van der Waals surface area (Å²) in [4.78, 5) is 32.9. The summed E-state index contributed by atoms with van der Waals surface area (Å²) >= 11 is 0. The minimum atomic E-state index is -1.08. The lowest BCUT2D eigenvalue weighted by Crippen LogP contribution is -2.48. The number of hydrogen-bond acceptors (Lipinski definition) is 3. The molecule has 0 rings (SSSR count). The number of aliphatic carboxylic acids is 1. The van der Waals surface area contributed by atoms with Crippen molar-refractivity contribution >= 4 is 17.9 Å². The van der Waals surface area contributed by atoms with E-state index in [-0.39, 0.29) is 12.5 Å². The molecule has 0 aromatic rings. The molecule has 7 heteroatoms. The fourth-order valence-electron chi connectivity index (χ4n) is 1.12. The number of urea groups is 1. The van der Waals surface area contributed by atoms with Crippen molar-refractivity contribution in [3.05, 3.63) is 0 Å². The van der Waals surface area contributed by atoms with E-state index in [2.05, 4.69) is 16.0 Å². The SMILES string of the molecule is CCCC[C@H](NC(=O)NCC(=O)NC)C(=O)O. The van der Waals surface area contributed by atoms with Crippen LogP contribution in [0.4, 0.5) is 4.79 Å². The Bertz CT molecular complexity index is 281. The normalized spacial score (nSPS) is 11.4. The summed E-state index contributed by atoms with van der Waals surface area (Å²) in [6.45, 7) is 1.76. The van der Waals surface area contributed by atoms with Crippen LogP contribution in [0.2, 0.25) is 0 Å². The van der Waals surface area contributed by atoms with Crippen LogP contribution in [-0.2, 0) is 9.59 Å². The molecule has 1 atom stereocenters. The Labute approximate surface area is 100.0 Å².